The summed E-state index contributed by atoms with van der Waals surface area (Å²) in [5, 5.41) is 0.456. The number of nitrogens with zero attached hydrogens (tertiary/aromatic N) is 1. The van der Waals surface area contributed by atoms with Crippen LogP contribution in [0.1, 0.15) is 30.5 Å². The molecule has 8 heteroatoms. The monoisotopic (exact) mass is 414 g/mol. The van der Waals surface area contributed by atoms with E-state index in [-0.39, 0.29) is 15.7 Å². The summed E-state index contributed by atoms with van der Waals surface area (Å²) < 4.78 is 33.5. The fourth-order valence-corrected chi connectivity index (χ4v) is 4.86. The minimum Gasteiger partial charge on any atom is -0.375 e. The van der Waals surface area contributed by atoms with E-state index in [1.165, 1.54) is 18.9 Å². The Hall–Kier alpha value is -1.34. The van der Waals surface area contributed by atoms with Gasteiger partial charge >= 0.3 is 0 Å². The number of anilines is 1. The lowest BCUT2D eigenvalue weighted by Crippen LogP contribution is -2.16. The number of nitrogens with one attached hydrogen (secondary N) is 1. The summed E-state index contributed by atoms with van der Waals surface area (Å²) in [7, 11) is -3.88. The Morgan fingerprint density at radius 1 is 1.27 bits per heavy atom. The molecule has 1 aromatic carbocycles. The zero-order valence-corrected chi connectivity index (χ0v) is 16.7. The maximum atomic E-state index is 12.7. The van der Waals surface area contributed by atoms with Crippen LogP contribution in [0, 0.1) is 12.8 Å². The van der Waals surface area contributed by atoms with Crippen LogP contribution in [0.2, 0.25) is 10.0 Å². The van der Waals surface area contributed by atoms with Gasteiger partial charge in [0.25, 0.3) is 10.0 Å². The maximum Gasteiger partial charge on any atom is 0.264 e. The molecular formula is C18H20Cl2N2O3S. The first-order valence-corrected chi connectivity index (χ1v) is 10.6. The number of benzene rings is 1. The Kier molecular flexibility index (Phi) is 6.07. The van der Waals surface area contributed by atoms with E-state index in [2.05, 4.69) is 9.71 Å². The number of ether oxygens (including phenoxy) is 1. The second kappa shape index (κ2) is 8.13. The van der Waals surface area contributed by atoms with Gasteiger partial charge in [-0.25, -0.2) is 13.4 Å². The molecule has 1 aliphatic carbocycles. The lowest BCUT2D eigenvalue weighted by Gasteiger charge is -2.12. The van der Waals surface area contributed by atoms with Gasteiger partial charge < -0.3 is 4.74 Å². The maximum absolute atomic E-state index is 12.7. The molecule has 26 heavy (non-hydrogen) atoms. The molecule has 3 rings (SSSR count). The van der Waals surface area contributed by atoms with E-state index in [1.807, 2.05) is 0 Å². The predicted octanol–water partition coefficient (Wildman–Crippen LogP) is 4.81. The summed E-state index contributed by atoms with van der Waals surface area (Å²) in [6.07, 6.45) is 3.66. The lowest BCUT2D eigenvalue weighted by atomic mass is 10.2. The summed E-state index contributed by atoms with van der Waals surface area (Å²) in [4.78, 5) is 4.30. The van der Waals surface area contributed by atoms with Crippen molar-refractivity contribution in [2.45, 2.75) is 37.7 Å². The summed E-state index contributed by atoms with van der Waals surface area (Å²) in [5.41, 5.74) is 1.13. The molecule has 5 nitrogen and oxygen atoms in total. The van der Waals surface area contributed by atoms with Crippen molar-refractivity contribution in [2.75, 3.05) is 11.3 Å². The normalized spacial score (nSPS) is 14.4. The first-order chi connectivity index (χ1) is 12.3. The summed E-state index contributed by atoms with van der Waals surface area (Å²) in [5.74, 6) is 1.03. The van der Waals surface area contributed by atoms with Crippen molar-refractivity contribution < 1.29 is 13.2 Å². The molecule has 1 aliphatic rings. The van der Waals surface area contributed by atoms with Crippen molar-refractivity contribution in [3.05, 3.63) is 51.6 Å². The molecule has 1 heterocycles. The summed E-state index contributed by atoms with van der Waals surface area (Å²) in [6, 6.07) is 8.09. The molecule has 1 fully saturated rings. The molecule has 1 saturated carbocycles. The van der Waals surface area contributed by atoms with Crippen LogP contribution < -0.4 is 4.72 Å². The van der Waals surface area contributed by atoms with E-state index in [1.54, 1.807) is 31.2 Å². The van der Waals surface area contributed by atoms with Crippen LogP contribution >= 0.6 is 23.2 Å². The molecule has 1 aromatic heterocycles. The third-order valence-electron chi connectivity index (χ3n) is 4.13. The Morgan fingerprint density at radius 3 is 2.73 bits per heavy atom. The Bertz CT molecular complexity index is 876. The smallest absolute Gasteiger partial charge is 0.264 e. The van der Waals surface area contributed by atoms with Crippen molar-refractivity contribution in [3.63, 3.8) is 0 Å². The highest BCUT2D eigenvalue weighted by atomic mass is 35.5. The third kappa shape index (κ3) is 5.10. The molecule has 2 aromatic rings. The van der Waals surface area contributed by atoms with Gasteiger partial charge in [-0.1, -0.05) is 42.1 Å². The lowest BCUT2D eigenvalue weighted by molar-refractivity contribution is 0.112. The molecule has 140 valence electrons. The highest BCUT2D eigenvalue weighted by Crippen LogP contribution is 2.32. The van der Waals surface area contributed by atoms with Crippen molar-refractivity contribution in [1.82, 2.24) is 4.98 Å². The molecule has 0 bridgehead atoms. The fraction of sp³-hybridized carbons (Fsp3) is 0.389. The van der Waals surface area contributed by atoms with Crippen molar-refractivity contribution in [3.8, 4) is 0 Å². The van der Waals surface area contributed by atoms with Crippen LogP contribution in [0.15, 0.2) is 35.2 Å². The van der Waals surface area contributed by atoms with Crippen LogP contribution in [0.4, 0.5) is 5.82 Å². The molecule has 0 radical (unpaired) electrons. The number of rotatable bonds is 8. The van der Waals surface area contributed by atoms with Gasteiger partial charge in [-0.15, -0.1) is 0 Å². The third-order valence-corrected chi connectivity index (χ3v) is 6.31. The summed E-state index contributed by atoms with van der Waals surface area (Å²) in [6.45, 7) is 2.69. The van der Waals surface area contributed by atoms with Gasteiger partial charge in [0.15, 0.2) is 0 Å². The number of aryl methyl sites for hydroxylation is 1. The number of sulfonamides is 1. The molecule has 0 saturated heterocycles. The van der Waals surface area contributed by atoms with Gasteiger partial charge in [0.05, 0.1) is 17.3 Å². The minimum absolute atomic E-state index is 0.00328. The first-order valence-electron chi connectivity index (χ1n) is 8.37. The summed E-state index contributed by atoms with van der Waals surface area (Å²) >= 11 is 12.0. The first kappa shape index (κ1) is 19.4. The highest BCUT2D eigenvalue weighted by Gasteiger charge is 2.22. The topological polar surface area (TPSA) is 68.3 Å². The molecule has 0 amide bonds. The second-order valence-corrected chi connectivity index (χ2v) is 8.90. The zero-order valence-electron chi connectivity index (χ0n) is 14.3. The van der Waals surface area contributed by atoms with E-state index in [0.717, 1.165) is 12.3 Å². The van der Waals surface area contributed by atoms with Crippen molar-refractivity contribution >= 4 is 39.0 Å². The van der Waals surface area contributed by atoms with E-state index < -0.39 is 10.0 Å². The quantitative estimate of drug-likeness (QED) is 0.628. The Balaban J connectivity index is 1.70. The zero-order chi connectivity index (χ0) is 18.7. The van der Waals surface area contributed by atoms with Crippen LogP contribution in [0.5, 0.6) is 0 Å². The molecule has 0 unspecified atom stereocenters. The van der Waals surface area contributed by atoms with Gasteiger partial charge in [0.2, 0.25) is 0 Å². The van der Waals surface area contributed by atoms with Crippen molar-refractivity contribution in [1.29, 1.82) is 0 Å². The van der Waals surface area contributed by atoms with Crippen LogP contribution in [-0.4, -0.2) is 20.0 Å². The largest absolute Gasteiger partial charge is 0.375 e. The fourth-order valence-electron chi connectivity index (χ4n) is 2.67. The molecular weight excluding hydrogens is 395 g/mol. The molecule has 1 N–H and O–H groups in total. The SMILES string of the molecule is Cc1cc(Cl)cc(Cl)c1S(=O)(=O)Nc1cccc(COCCC2CC2)n1. The van der Waals surface area contributed by atoms with E-state index in [0.29, 0.717) is 29.5 Å². The Morgan fingerprint density at radius 2 is 2.04 bits per heavy atom. The molecule has 0 aliphatic heterocycles. The number of pyridine rings is 1. The number of aromatic nitrogens is 1. The molecule has 0 atom stereocenters. The highest BCUT2D eigenvalue weighted by molar-refractivity contribution is 7.92. The van der Waals surface area contributed by atoms with Crippen LogP contribution in [0.3, 0.4) is 0 Å². The van der Waals surface area contributed by atoms with Gasteiger partial charge in [0.1, 0.15) is 10.7 Å². The average Bonchev–Trinajstić information content (AvgIpc) is 3.34. The van der Waals surface area contributed by atoms with E-state index >= 15 is 0 Å². The predicted molar refractivity (Wildman–Crippen MR) is 103 cm³/mol. The molecule has 0 spiro atoms. The van der Waals surface area contributed by atoms with Crippen LogP contribution in [0.25, 0.3) is 0 Å². The van der Waals surface area contributed by atoms with Gasteiger partial charge in [-0.05, 0) is 49.1 Å². The van der Waals surface area contributed by atoms with Crippen LogP contribution in [-0.2, 0) is 21.4 Å². The second-order valence-electron chi connectivity index (χ2n) is 6.44. The van der Waals surface area contributed by atoms with E-state index in [4.69, 9.17) is 27.9 Å². The number of halogens is 2. The standard InChI is InChI=1S/C18H20Cl2N2O3S/c1-12-9-14(19)10-16(20)18(12)26(23,24)22-17-4-2-3-15(21-17)11-25-8-7-13-5-6-13/h2-4,9-10,13H,5-8,11H2,1H3,(H,21,22). The van der Waals surface area contributed by atoms with Gasteiger partial charge in [0, 0.05) is 11.6 Å². The van der Waals surface area contributed by atoms with Gasteiger partial charge in [-0.2, -0.15) is 0 Å². The van der Waals surface area contributed by atoms with Crippen molar-refractivity contribution in [2.24, 2.45) is 5.92 Å². The average molecular weight is 415 g/mol. The van der Waals surface area contributed by atoms with Gasteiger partial charge in [-0.3, -0.25) is 4.72 Å². The number of hydrogen-bond acceptors (Lipinski definition) is 4. The minimum atomic E-state index is -3.88. The number of hydrogen-bond donors (Lipinski definition) is 1. The van der Waals surface area contributed by atoms with E-state index in [9.17, 15) is 8.42 Å². The Labute approximate surface area is 163 Å².